The van der Waals surface area contributed by atoms with Crippen LogP contribution in [0.25, 0.3) is 5.69 Å². The standard InChI is InChI=1S/C22H23FN6O3S/c1-2-32-21(31)15-5-3-12-28(13-15)20(30)19-18(14-33-22-24-10-4-11-25-22)29(27-26-19)17-8-6-16(23)7-9-17/h4,6-11,15H,2-3,5,12-14H2,1H3. The number of hydrogen-bond donors (Lipinski definition) is 0. The molecule has 0 spiro atoms. The second kappa shape index (κ2) is 10.5. The Kier molecular flexibility index (Phi) is 7.28. The molecule has 0 N–H and O–H groups in total. The maximum Gasteiger partial charge on any atom is 0.310 e. The number of aromatic nitrogens is 5. The van der Waals surface area contributed by atoms with Crippen molar-refractivity contribution in [2.75, 3.05) is 19.7 Å². The lowest BCUT2D eigenvalue weighted by atomic mass is 9.98. The van der Waals surface area contributed by atoms with E-state index in [2.05, 4.69) is 20.3 Å². The van der Waals surface area contributed by atoms with E-state index in [9.17, 15) is 14.0 Å². The van der Waals surface area contributed by atoms with E-state index in [1.165, 1.54) is 28.6 Å². The van der Waals surface area contributed by atoms with Gasteiger partial charge in [0.1, 0.15) is 5.82 Å². The Labute approximate surface area is 194 Å². The highest BCUT2D eigenvalue weighted by Crippen LogP contribution is 2.25. The summed E-state index contributed by atoms with van der Waals surface area (Å²) in [6.07, 6.45) is 4.66. The van der Waals surface area contributed by atoms with Crippen LogP contribution in [0.3, 0.4) is 0 Å². The first kappa shape index (κ1) is 22.8. The van der Waals surface area contributed by atoms with Crippen LogP contribution in [0.15, 0.2) is 47.9 Å². The van der Waals surface area contributed by atoms with Crippen LogP contribution in [0, 0.1) is 11.7 Å². The van der Waals surface area contributed by atoms with Crippen molar-refractivity contribution in [3.05, 3.63) is 59.9 Å². The molecule has 33 heavy (non-hydrogen) atoms. The molecule has 4 rings (SSSR count). The van der Waals surface area contributed by atoms with Crippen LogP contribution < -0.4 is 0 Å². The van der Waals surface area contributed by atoms with Crippen LogP contribution in [-0.2, 0) is 15.3 Å². The van der Waals surface area contributed by atoms with Crippen LogP contribution in [0.4, 0.5) is 4.39 Å². The van der Waals surface area contributed by atoms with E-state index >= 15 is 0 Å². The molecule has 0 bridgehead atoms. The quantitative estimate of drug-likeness (QED) is 0.295. The number of likely N-dealkylation sites (tertiary alicyclic amines) is 1. The first-order valence-corrected chi connectivity index (χ1v) is 11.6. The molecule has 1 unspecified atom stereocenters. The fourth-order valence-corrected chi connectivity index (χ4v) is 4.44. The molecule has 0 aliphatic carbocycles. The molecule has 9 nitrogen and oxygen atoms in total. The SMILES string of the molecule is CCOC(=O)C1CCCN(C(=O)c2nnn(-c3ccc(F)cc3)c2CSc2ncccn2)C1. The fraction of sp³-hybridized carbons (Fsp3) is 0.364. The molecule has 2 aromatic heterocycles. The molecule has 1 atom stereocenters. The number of carbonyl (C=O) groups is 2. The minimum Gasteiger partial charge on any atom is -0.466 e. The summed E-state index contributed by atoms with van der Waals surface area (Å²) in [7, 11) is 0. The Morgan fingerprint density at radius 1 is 1.21 bits per heavy atom. The molecule has 0 radical (unpaired) electrons. The minimum absolute atomic E-state index is 0.187. The van der Waals surface area contributed by atoms with E-state index in [-0.39, 0.29) is 35.9 Å². The zero-order chi connectivity index (χ0) is 23.2. The summed E-state index contributed by atoms with van der Waals surface area (Å²) in [5, 5.41) is 8.89. The van der Waals surface area contributed by atoms with Gasteiger partial charge in [0.2, 0.25) is 0 Å². The van der Waals surface area contributed by atoms with Crippen LogP contribution in [-0.4, -0.2) is 61.4 Å². The summed E-state index contributed by atoms with van der Waals surface area (Å²) in [6.45, 7) is 2.86. The number of benzene rings is 1. The normalized spacial score (nSPS) is 15.9. The Morgan fingerprint density at radius 3 is 2.70 bits per heavy atom. The lowest BCUT2D eigenvalue weighted by Gasteiger charge is -2.31. The van der Waals surface area contributed by atoms with E-state index in [4.69, 9.17) is 4.74 Å². The van der Waals surface area contributed by atoms with Gasteiger partial charge in [0.25, 0.3) is 5.91 Å². The van der Waals surface area contributed by atoms with Gasteiger partial charge in [-0.25, -0.2) is 19.0 Å². The Bertz CT molecular complexity index is 1110. The first-order chi connectivity index (χ1) is 16.1. The molecular weight excluding hydrogens is 447 g/mol. The molecule has 3 aromatic rings. The number of carbonyl (C=O) groups excluding carboxylic acids is 2. The lowest BCUT2D eigenvalue weighted by molar-refractivity contribution is -0.149. The summed E-state index contributed by atoms with van der Waals surface area (Å²) in [5.41, 5.74) is 1.31. The third-order valence-corrected chi connectivity index (χ3v) is 6.13. The molecular formula is C22H23FN6O3S. The molecule has 1 saturated heterocycles. The fourth-order valence-electron chi connectivity index (χ4n) is 3.64. The number of hydrogen-bond acceptors (Lipinski definition) is 8. The predicted octanol–water partition coefficient (Wildman–Crippen LogP) is 2.90. The molecule has 0 saturated carbocycles. The van der Waals surface area contributed by atoms with Gasteiger partial charge in [-0.2, -0.15) is 0 Å². The van der Waals surface area contributed by atoms with Crippen molar-refractivity contribution in [2.24, 2.45) is 5.92 Å². The van der Waals surface area contributed by atoms with E-state index in [1.807, 2.05) is 0 Å². The zero-order valence-electron chi connectivity index (χ0n) is 18.1. The number of thioether (sulfide) groups is 1. The number of rotatable bonds is 7. The van der Waals surface area contributed by atoms with Crippen molar-refractivity contribution < 1.29 is 18.7 Å². The summed E-state index contributed by atoms with van der Waals surface area (Å²) in [4.78, 5) is 35.7. The highest BCUT2D eigenvalue weighted by atomic mass is 32.2. The van der Waals surface area contributed by atoms with Gasteiger partial charge in [-0.15, -0.1) is 5.10 Å². The summed E-state index contributed by atoms with van der Waals surface area (Å²) in [5.74, 6) is -0.999. The Balaban J connectivity index is 1.61. The molecule has 1 aliphatic heterocycles. The zero-order valence-corrected chi connectivity index (χ0v) is 18.9. The maximum absolute atomic E-state index is 13.4. The van der Waals surface area contributed by atoms with Gasteiger partial charge < -0.3 is 9.64 Å². The monoisotopic (exact) mass is 470 g/mol. The second-order valence-electron chi connectivity index (χ2n) is 7.44. The number of halogens is 1. The molecule has 1 aromatic carbocycles. The molecule has 1 fully saturated rings. The number of piperidine rings is 1. The average Bonchev–Trinajstić information content (AvgIpc) is 3.27. The van der Waals surface area contributed by atoms with Gasteiger partial charge >= 0.3 is 5.97 Å². The molecule has 172 valence electrons. The number of esters is 1. The van der Waals surface area contributed by atoms with E-state index in [0.717, 1.165) is 0 Å². The summed E-state index contributed by atoms with van der Waals surface area (Å²) >= 11 is 1.34. The van der Waals surface area contributed by atoms with Gasteiger partial charge in [0.05, 0.1) is 23.9 Å². The second-order valence-corrected chi connectivity index (χ2v) is 8.38. The molecule has 1 amide bonds. The van der Waals surface area contributed by atoms with Gasteiger partial charge in [-0.3, -0.25) is 9.59 Å². The summed E-state index contributed by atoms with van der Waals surface area (Å²) in [6, 6.07) is 7.51. The molecule has 11 heteroatoms. The molecule has 1 aliphatic rings. The van der Waals surface area contributed by atoms with E-state index in [0.29, 0.717) is 48.3 Å². The van der Waals surface area contributed by atoms with Crippen LogP contribution in [0.1, 0.15) is 35.9 Å². The Morgan fingerprint density at radius 2 is 1.97 bits per heavy atom. The van der Waals surface area contributed by atoms with Crippen molar-refractivity contribution in [2.45, 2.75) is 30.7 Å². The summed E-state index contributed by atoms with van der Waals surface area (Å²) < 4.78 is 20.1. The van der Waals surface area contributed by atoms with Crippen molar-refractivity contribution in [1.29, 1.82) is 0 Å². The Hall–Kier alpha value is -3.34. The minimum atomic E-state index is -0.373. The topological polar surface area (TPSA) is 103 Å². The van der Waals surface area contributed by atoms with Crippen molar-refractivity contribution >= 4 is 23.6 Å². The van der Waals surface area contributed by atoms with Crippen LogP contribution >= 0.6 is 11.8 Å². The number of amides is 1. The largest absolute Gasteiger partial charge is 0.466 e. The first-order valence-electron chi connectivity index (χ1n) is 10.6. The smallest absolute Gasteiger partial charge is 0.310 e. The number of nitrogens with zero attached hydrogens (tertiary/aromatic N) is 6. The highest BCUT2D eigenvalue weighted by molar-refractivity contribution is 7.98. The van der Waals surface area contributed by atoms with Crippen molar-refractivity contribution in [1.82, 2.24) is 29.9 Å². The lowest BCUT2D eigenvalue weighted by Crippen LogP contribution is -2.43. The van der Waals surface area contributed by atoms with Crippen LogP contribution in [0.5, 0.6) is 0 Å². The van der Waals surface area contributed by atoms with Crippen molar-refractivity contribution in [3.63, 3.8) is 0 Å². The number of ether oxygens (including phenoxy) is 1. The molecule has 3 heterocycles. The highest BCUT2D eigenvalue weighted by Gasteiger charge is 2.32. The van der Waals surface area contributed by atoms with Gasteiger partial charge in [0, 0.05) is 31.2 Å². The van der Waals surface area contributed by atoms with Gasteiger partial charge in [-0.1, -0.05) is 17.0 Å². The van der Waals surface area contributed by atoms with E-state index < -0.39 is 0 Å². The van der Waals surface area contributed by atoms with Gasteiger partial charge in [0.15, 0.2) is 10.9 Å². The third kappa shape index (κ3) is 5.36. The predicted molar refractivity (Wildman–Crippen MR) is 118 cm³/mol. The third-order valence-electron chi connectivity index (χ3n) is 5.25. The van der Waals surface area contributed by atoms with Gasteiger partial charge in [-0.05, 0) is 50.1 Å². The maximum atomic E-state index is 13.4. The van der Waals surface area contributed by atoms with Crippen LogP contribution in [0.2, 0.25) is 0 Å². The average molecular weight is 471 g/mol. The van der Waals surface area contributed by atoms with Crippen molar-refractivity contribution in [3.8, 4) is 5.69 Å². The van der Waals surface area contributed by atoms with E-state index in [1.54, 1.807) is 42.4 Å².